The van der Waals surface area contributed by atoms with E-state index in [9.17, 15) is 13.2 Å². The highest BCUT2D eigenvalue weighted by atomic mass is 32.2. The third-order valence-corrected chi connectivity index (χ3v) is 4.51. The van der Waals surface area contributed by atoms with Crippen molar-refractivity contribution in [1.82, 2.24) is 5.32 Å². The first-order valence-corrected chi connectivity index (χ1v) is 10.5. The summed E-state index contributed by atoms with van der Waals surface area (Å²) in [6, 6.07) is 15.6. The molecule has 10 heteroatoms. The maximum atomic E-state index is 12.0. The molecule has 2 aromatic carbocycles. The zero-order valence-electron chi connectivity index (χ0n) is 15.1. The average molecular weight is 422 g/mol. The van der Waals surface area contributed by atoms with Crippen molar-refractivity contribution >= 4 is 43.4 Å². The van der Waals surface area contributed by atoms with Gasteiger partial charge in [0.2, 0.25) is 0 Å². The fourth-order valence-corrected chi connectivity index (χ4v) is 3.38. The molecule has 0 spiro atoms. The summed E-state index contributed by atoms with van der Waals surface area (Å²) < 4.78 is 32.1. The fourth-order valence-electron chi connectivity index (χ4n) is 2.40. The van der Waals surface area contributed by atoms with Gasteiger partial charge in [0.05, 0.1) is 18.2 Å². The zero-order chi connectivity index (χ0) is 20.9. The van der Waals surface area contributed by atoms with Crippen LogP contribution in [0.4, 0.5) is 0 Å². The Balaban J connectivity index is 0.000000500. The van der Waals surface area contributed by atoms with Crippen molar-refractivity contribution in [3.8, 4) is 16.9 Å². The van der Waals surface area contributed by atoms with Crippen LogP contribution in [0.5, 0.6) is 5.75 Å². The molecule has 0 aliphatic rings. The molecule has 0 bridgehead atoms. The van der Waals surface area contributed by atoms with Gasteiger partial charge in [0, 0.05) is 10.1 Å². The van der Waals surface area contributed by atoms with Gasteiger partial charge in [-0.15, -0.1) is 11.3 Å². The van der Waals surface area contributed by atoms with Crippen molar-refractivity contribution in [2.24, 2.45) is 5.73 Å². The number of benzene rings is 2. The fraction of sp³-hybridized carbons (Fsp3) is 0.111. The summed E-state index contributed by atoms with van der Waals surface area (Å²) in [5.74, 6) is 0.0556. The number of amides is 1. The molecule has 5 N–H and O–H groups in total. The molecule has 0 atom stereocenters. The van der Waals surface area contributed by atoms with Crippen LogP contribution in [-0.4, -0.2) is 38.2 Å². The van der Waals surface area contributed by atoms with Crippen molar-refractivity contribution < 1.29 is 22.5 Å². The summed E-state index contributed by atoms with van der Waals surface area (Å²) in [7, 11) is -2.03. The number of methoxy groups -OCH3 is 1. The van der Waals surface area contributed by atoms with Crippen LogP contribution < -0.4 is 15.8 Å². The molecule has 1 aromatic heterocycles. The Morgan fingerprint density at radius 2 is 1.86 bits per heavy atom. The van der Waals surface area contributed by atoms with E-state index in [0.29, 0.717) is 11.1 Å². The second-order valence-corrected chi connectivity index (χ2v) is 8.21. The number of nitrogens with two attached hydrogens (primary N) is 1. The lowest BCUT2D eigenvalue weighted by Gasteiger charge is -2.06. The van der Waals surface area contributed by atoms with Gasteiger partial charge in [0.15, 0.2) is 5.96 Å². The molecular formula is C18H19N3O5S2. The van der Waals surface area contributed by atoms with Crippen LogP contribution >= 0.6 is 11.3 Å². The Labute approximate surface area is 166 Å². The Morgan fingerprint density at radius 3 is 2.46 bits per heavy atom. The standard InChI is InChI=1S/C17H15N3O2S.CH4O3S/c1-22-11-5-2-4-10(8-11)12-6-3-7-14-13(12)9-15(23-14)16(21)20-17(18)19;1-5(2,3)4/h2-9H,1H3,(H4,18,19,20,21);1H3,(H,2,3,4). The number of carbonyl (C=O) groups is 1. The molecule has 148 valence electrons. The van der Waals surface area contributed by atoms with E-state index >= 15 is 0 Å². The van der Waals surface area contributed by atoms with Crippen molar-refractivity contribution in [2.75, 3.05) is 13.4 Å². The first kappa shape index (κ1) is 21.4. The van der Waals surface area contributed by atoms with Gasteiger partial charge < -0.3 is 10.5 Å². The van der Waals surface area contributed by atoms with E-state index < -0.39 is 10.1 Å². The molecule has 3 rings (SSSR count). The van der Waals surface area contributed by atoms with Gasteiger partial charge in [-0.1, -0.05) is 24.3 Å². The van der Waals surface area contributed by atoms with Crippen molar-refractivity contribution in [2.45, 2.75) is 0 Å². The molecule has 0 radical (unpaired) electrons. The molecule has 1 amide bonds. The van der Waals surface area contributed by atoms with E-state index in [4.69, 9.17) is 20.4 Å². The van der Waals surface area contributed by atoms with Gasteiger partial charge >= 0.3 is 0 Å². The lowest BCUT2D eigenvalue weighted by Crippen LogP contribution is -2.35. The maximum Gasteiger partial charge on any atom is 0.268 e. The minimum absolute atomic E-state index is 0.361. The largest absolute Gasteiger partial charge is 0.497 e. The lowest BCUT2D eigenvalue weighted by atomic mass is 10.0. The van der Waals surface area contributed by atoms with Crippen LogP contribution in [0.1, 0.15) is 9.67 Å². The molecule has 0 saturated heterocycles. The molecule has 8 nitrogen and oxygen atoms in total. The number of nitrogens with one attached hydrogen (secondary N) is 2. The van der Waals surface area contributed by atoms with Crippen molar-refractivity contribution in [1.29, 1.82) is 5.41 Å². The number of fused-ring (bicyclic) bond motifs is 1. The summed E-state index contributed by atoms with van der Waals surface area (Å²) >= 11 is 1.37. The van der Waals surface area contributed by atoms with E-state index in [0.717, 1.165) is 27.0 Å². The van der Waals surface area contributed by atoms with Gasteiger partial charge in [-0.2, -0.15) is 8.42 Å². The number of carbonyl (C=O) groups excluding carboxylic acids is 1. The van der Waals surface area contributed by atoms with Gasteiger partial charge in [-0.05, 0) is 35.4 Å². The SMILES string of the molecule is COc1cccc(-c2cccc3sc(C(=O)NC(=N)N)cc23)c1.CS(=O)(=O)O. The molecule has 0 saturated carbocycles. The number of guanidine groups is 1. The molecule has 1 heterocycles. The highest BCUT2D eigenvalue weighted by Crippen LogP contribution is 2.35. The normalized spacial score (nSPS) is 10.7. The molecule has 0 aliphatic carbocycles. The smallest absolute Gasteiger partial charge is 0.268 e. The van der Waals surface area contributed by atoms with Gasteiger partial charge in [-0.3, -0.25) is 20.1 Å². The Bertz CT molecular complexity index is 1120. The molecule has 0 fully saturated rings. The summed E-state index contributed by atoms with van der Waals surface area (Å²) in [6.07, 6.45) is 0.715. The summed E-state index contributed by atoms with van der Waals surface area (Å²) in [6.45, 7) is 0. The average Bonchev–Trinajstić information content (AvgIpc) is 3.04. The number of thiophene rings is 1. The first-order chi connectivity index (χ1) is 13.1. The second kappa shape index (κ2) is 8.83. The molecular weight excluding hydrogens is 402 g/mol. The van der Waals surface area contributed by atoms with Crippen molar-refractivity contribution in [3.63, 3.8) is 0 Å². The van der Waals surface area contributed by atoms with Crippen LogP contribution in [0.2, 0.25) is 0 Å². The number of hydrogen-bond donors (Lipinski definition) is 4. The first-order valence-electron chi connectivity index (χ1n) is 7.83. The predicted molar refractivity (Wildman–Crippen MR) is 111 cm³/mol. The molecule has 0 unspecified atom stereocenters. The van der Waals surface area contributed by atoms with E-state index in [-0.39, 0.29) is 11.9 Å². The number of hydrogen-bond acceptors (Lipinski definition) is 6. The minimum atomic E-state index is -3.67. The highest BCUT2D eigenvalue weighted by Gasteiger charge is 2.13. The summed E-state index contributed by atoms with van der Waals surface area (Å²) in [4.78, 5) is 12.6. The van der Waals surface area contributed by atoms with E-state index in [1.807, 2.05) is 48.5 Å². The third kappa shape index (κ3) is 6.05. The van der Waals surface area contributed by atoms with Gasteiger partial charge in [0.1, 0.15) is 5.75 Å². The Hall–Kier alpha value is -2.95. The quantitative estimate of drug-likeness (QED) is 0.291. The van der Waals surface area contributed by atoms with E-state index in [1.54, 1.807) is 7.11 Å². The van der Waals surface area contributed by atoms with Crippen LogP contribution in [0.3, 0.4) is 0 Å². The topological polar surface area (TPSA) is 143 Å². The summed E-state index contributed by atoms with van der Waals surface area (Å²) in [5.41, 5.74) is 7.27. The molecule has 28 heavy (non-hydrogen) atoms. The minimum Gasteiger partial charge on any atom is -0.497 e. The molecule has 0 aliphatic heterocycles. The van der Waals surface area contributed by atoms with Gasteiger partial charge in [0.25, 0.3) is 16.0 Å². The van der Waals surface area contributed by atoms with E-state index in [1.165, 1.54) is 11.3 Å². The Morgan fingerprint density at radius 1 is 1.21 bits per heavy atom. The van der Waals surface area contributed by atoms with Crippen LogP contribution in [-0.2, 0) is 10.1 Å². The van der Waals surface area contributed by atoms with Crippen LogP contribution in [0.15, 0.2) is 48.5 Å². The monoisotopic (exact) mass is 421 g/mol. The van der Waals surface area contributed by atoms with Gasteiger partial charge in [-0.25, -0.2) is 0 Å². The molecule has 3 aromatic rings. The zero-order valence-corrected chi connectivity index (χ0v) is 16.7. The van der Waals surface area contributed by atoms with Crippen molar-refractivity contribution in [3.05, 3.63) is 53.4 Å². The number of ether oxygens (including phenoxy) is 1. The third-order valence-electron chi connectivity index (χ3n) is 3.41. The van der Waals surface area contributed by atoms with E-state index in [2.05, 4.69) is 5.32 Å². The number of rotatable bonds is 3. The lowest BCUT2D eigenvalue weighted by molar-refractivity contribution is 0.0980. The predicted octanol–water partition coefficient (Wildman–Crippen LogP) is 2.70. The Kier molecular flexibility index (Phi) is 6.73. The second-order valence-electron chi connectivity index (χ2n) is 5.66. The van der Waals surface area contributed by atoms with Crippen LogP contribution in [0.25, 0.3) is 21.2 Å². The highest BCUT2D eigenvalue weighted by molar-refractivity contribution is 7.85. The maximum absolute atomic E-state index is 12.0. The van der Waals surface area contributed by atoms with Crippen LogP contribution in [0, 0.1) is 5.41 Å². The summed E-state index contributed by atoms with van der Waals surface area (Å²) in [5, 5.41) is 10.5.